The molecular formula is C16H30N2O. The molecule has 0 spiro atoms. The number of urea groups is 1. The van der Waals surface area contributed by atoms with Crippen LogP contribution in [0.15, 0.2) is 0 Å². The van der Waals surface area contributed by atoms with Crippen molar-refractivity contribution >= 4 is 6.03 Å². The van der Waals surface area contributed by atoms with Crippen molar-refractivity contribution in [1.82, 2.24) is 9.80 Å². The predicted molar refractivity (Wildman–Crippen MR) is 79.2 cm³/mol. The molecule has 1 aliphatic carbocycles. The Labute approximate surface area is 118 Å². The number of nitrogens with zero attached hydrogens (tertiary/aromatic N) is 2. The quantitative estimate of drug-likeness (QED) is 0.709. The highest BCUT2D eigenvalue weighted by atomic mass is 16.2. The fourth-order valence-electron chi connectivity index (χ4n) is 3.35. The molecule has 2 fully saturated rings. The van der Waals surface area contributed by atoms with Crippen molar-refractivity contribution in [3.05, 3.63) is 0 Å². The molecule has 19 heavy (non-hydrogen) atoms. The second-order valence-electron chi connectivity index (χ2n) is 7.46. The third-order valence-corrected chi connectivity index (χ3v) is 5.21. The molecule has 0 unspecified atom stereocenters. The Hall–Kier alpha value is -0.730. The Balaban J connectivity index is 1.86. The molecule has 0 atom stereocenters. The summed E-state index contributed by atoms with van der Waals surface area (Å²) in [4.78, 5) is 16.6. The summed E-state index contributed by atoms with van der Waals surface area (Å²) in [6, 6.07) is 0.719. The van der Waals surface area contributed by atoms with Crippen LogP contribution in [0.3, 0.4) is 0 Å². The van der Waals surface area contributed by atoms with Gasteiger partial charge in [0.15, 0.2) is 0 Å². The third kappa shape index (κ3) is 3.64. The zero-order valence-corrected chi connectivity index (χ0v) is 13.1. The first-order valence-corrected chi connectivity index (χ1v) is 7.91. The summed E-state index contributed by atoms with van der Waals surface area (Å²) in [5.41, 5.74) is 0.473. The summed E-state index contributed by atoms with van der Waals surface area (Å²) in [5.74, 6) is 0.782. The second-order valence-corrected chi connectivity index (χ2v) is 7.46. The molecule has 110 valence electrons. The number of carbonyl (C=O) groups is 1. The van der Waals surface area contributed by atoms with Crippen LogP contribution in [0.5, 0.6) is 0 Å². The van der Waals surface area contributed by atoms with E-state index in [1.54, 1.807) is 0 Å². The standard InChI is InChI=1S/C16H30N2O/c1-13-7-11-18(12-8-13)15(19)17(4)14-5-9-16(2,3)10-6-14/h13-14H,5-12H2,1-4H3. The van der Waals surface area contributed by atoms with Crippen molar-refractivity contribution in [3.63, 3.8) is 0 Å². The lowest BCUT2D eigenvalue weighted by Gasteiger charge is -2.41. The molecule has 0 aromatic heterocycles. The van der Waals surface area contributed by atoms with E-state index in [9.17, 15) is 4.79 Å². The SMILES string of the molecule is CC1CCN(C(=O)N(C)C2CCC(C)(C)CC2)CC1. The highest BCUT2D eigenvalue weighted by Gasteiger charge is 2.32. The Morgan fingerprint density at radius 1 is 1.11 bits per heavy atom. The van der Waals surface area contributed by atoms with Crippen LogP contribution in [0.4, 0.5) is 4.79 Å². The van der Waals surface area contributed by atoms with Gasteiger partial charge in [-0.25, -0.2) is 4.79 Å². The van der Waals surface area contributed by atoms with Crippen LogP contribution < -0.4 is 0 Å². The fourth-order valence-corrected chi connectivity index (χ4v) is 3.35. The minimum Gasteiger partial charge on any atom is -0.325 e. The van der Waals surface area contributed by atoms with E-state index in [0.717, 1.165) is 31.8 Å². The molecule has 3 heteroatoms. The number of hydrogen-bond donors (Lipinski definition) is 0. The Morgan fingerprint density at radius 2 is 1.63 bits per heavy atom. The van der Waals surface area contributed by atoms with Crippen molar-refractivity contribution in [2.75, 3.05) is 20.1 Å². The maximum absolute atomic E-state index is 12.5. The lowest BCUT2D eigenvalue weighted by molar-refractivity contribution is 0.101. The van der Waals surface area contributed by atoms with Crippen LogP contribution in [0.25, 0.3) is 0 Å². The second kappa shape index (κ2) is 5.72. The van der Waals surface area contributed by atoms with Crippen LogP contribution in [-0.2, 0) is 0 Å². The van der Waals surface area contributed by atoms with Crippen molar-refractivity contribution in [3.8, 4) is 0 Å². The summed E-state index contributed by atoms with van der Waals surface area (Å²) >= 11 is 0. The van der Waals surface area contributed by atoms with E-state index in [1.807, 2.05) is 11.9 Å². The normalized spacial score (nSPS) is 25.4. The molecule has 1 aliphatic heterocycles. The monoisotopic (exact) mass is 266 g/mol. The molecule has 2 amide bonds. The van der Waals surface area contributed by atoms with Crippen molar-refractivity contribution in [2.24, 2.45) is 11.3 Å². The minimum absolute atomic E-state index is 0.261. The van der Waals surface area contributed by atoms with E-state index in [4.69, 9.17) is 0 Å². The Bertz CT molecular complexity index is 309. The van der Waals surface area contributed by atoms with Gasteiger partial charge in [-0.15, -0.1) is 0 Å². The highest BCUT2D eigenvalue weighted by molar-refractivity contribution is 5.74. The van der Waals surface area contributed by atoms with Gasteiger partial charge >= 0.3 is 6.03 Å². The first-order valence-electron chi connectivity index (χ1n) is 7.91. The summed E-state index contributed by atoms with van der Waals surface area (Å²) in [6.45, 7) is 8.87. The summed E-state index contributed by atoms with van der Waals surface area (Å²) < 4.78 is 0. The van der Waals surface area contributed by atoms with E-state index in [2.05, 4.69) is 25.7 Å². The van der Waals surface area contributed by atoms with Crippen LogP contribution >= 0.6 is 0 Å². The zero-order valence-electron chi connectivity index (χ0n) is 13.1. The van der Waals surface area contributed by atoms with Gasteiger partial charge < -0.3 is 9.80 Å². The molecule has 1 heterocycles. The molecule has 0 N–H and O–H groups in total. The molecule has 0 radical (unpaired) electrons. The largest absolute Gasteiger partial charge is 0.325 e. The number of likely N-dealkylation sites (tertiary alicyclic amines) is 1. The van der Waals surface area contributed by atoms with Gasteiger partial charge in [-0.3, -0.25) is 0 Å². The van der Waals surface area contributed by atoms with Crippen LogP contribution in [-0.4, -0.2) is 42.0 Å². The molecule has 2 aliphatic rings. The van der Waals surface area contributed by atoms with Crippen LogP contribution in [0.1, 0.15) is 59.3 Å². The number of amides is 2. The first-order chi connectivity index (χ1) is 8.89. The Morgan fingerprint density at radius 3 is 2.16 bits per heavy atom. The molecule has 0 aromatic carbocycles. The lowest BCUT2D eigenvalue weighted by atomic mass is 9.75. The predicted octanol–water partition coefficient (Wildman–Crippen LogP) is 3.74. The van der Waals surface area contributed by atoms with Crippen LogP contribution in [0, 0.1) is 11.3 Å². The number of hydrogen-bond acceptors (Lipinski definition) is 1. The van der Waals surface area contributed by atoms with Gasteiger partial charge in [0.2, 0.25) is 0 Å². The molecule has 3 nitrogen and oxygen atoms in total. The van der Waals surface area contributed by atoms with Crippen molar-refractivity contribution < 1.29 is 4.79 Å². The van der Waals surface area contributed by atoms with Gasteiger partial charge in [0.1, 0.15) is 0 Å². The molecule has 2 rings (SSSR count). The van der Waals surface area contributed by atoms with Gasteiger partial charge in [0.25, 0.3) is 0 Å². The maximum Gasteiger partial charge on any atom is 0.319 e. The van der Waals surface area contributed by atoms with Gasteiger partial charge in [0.05, 0.1) is 0 Å². The molecule has 0 aromatic rings. The van der Waals surface area contributed by atoms with Gasteiger partial charge in [-0.2, -0.15) is 0 Å². The first kappa shape index (κ1) is 14.7. The average molecular weight is 266 g/mol. The Kier molecular flexibility index (Phi) is 4.42. The van der Waals surface area contributed by atoms with E-state index in [-0.39, 0.29) is 6.03 Å². The van der Waals surface area contributed by atoms with Crippen molar-refractivity contribution in [2.45, 2.75) is 65.3 Å². The molecule has 1 saturated heterocycles. The molecule has 0 bridgehead atoms. The molecule has 1 saturated carbocycles. The van der Waals surface area contributed by atoms with Gasteiger partial charge in [0, 0.05) is 26.2 Å². The lowest BCUT2D eigenvalue weighted by Crippen LogP contribution is -2.49. The summed E-state index contributed by atoms with van der Waals surface area (Å²) in [5, 5.41) is 0. The maximum atomic E-state index is 12.5. The summed E-state index contributed by atoms with van der Waals surface area (Å²) in [6.07, 6.45) is 7.15. The van der Waals surface area contributed by atoms with Gasteiger partial charge in [-0.1, -0.05) is 20.8 Å². The van der Waals surface area contributed by atoms with E-state index < -0.39 is 0 Å². The average Bonchev–Trinajstić information content (AvgIpc) is 2.38. The third-order valence-electron chi connectivity index (χ3n) is 5.21. The van der Waals surface area contributed by atoms with Gasteiger partial charge in [-0.05, 0) is 49.9 Å². The van der Waals surface area contributed by atoms with E-state index >= 15 is 0 Å². The summed E-state index contributed by atoms with van der Waals surface area (Å²) in [7, 11) is 2.00. The number of piperidine rings is 1. The minimum atomic E-state index is 0.261. The fraction of sp³-hybridized carbons (Fsp3) is 0.938. The highest BCUT2D eigenvalue weighted by Crippen LogP contribution is 2.36. The van der Waals surface area contributed by atoms with E-state index in [0.29, 0.717) is 11.5 Å². The topological polar surface area (TPSA) is 23.6 Å². The van der Waals surface area contributed by atoms with E-state index in [1.165, 1.54) is 25.7 Å². The number of carbonyl (C=O) groups excluding carboxylic acids is 1. The number of rotatable bonds is 1. The van der Waals surface area contributed by atoms with Crippen LogP contribution in [0.2, 0.25) is 0 Å². The zero-order chi connectivity index (χ0) is 14.0. The van der Waals surface area contributed by atoms with Crippen molar-refractivity contribution in [1.29, 1.82) is 0 Å². The molecular weight excluding hydrogens is 236 g/mol. The smallest absolute Gasteiger partial charge is 0.319 e.